The minimum Gasteiger partial charge on any atom is -0.497 e. The van der Waals surface area contributed by atoms with E-state index in [0.717, 1.165) is 59.1 Å². The quantitative estimate of drug-likeness (QED) is 0.723. The molecule has 0 saturated carbocycles. The summed E-state index contributed by atoms with van der Waals surface area (Å²) < 4.78 is 20.4. The van der Waals surface area contributed by atoms with E-state index in [1.54, 1.807) is 11.1 Å². The van der Waals surface area contributed by atoms with Crippen molar-refractivity contribution in [2.45, 2.75) is 11.8 Å². The minimum absolute atomic E-state index is 0.606. The maximum absolute atomic E-state index is 13.3. The molecule has 0 radical (unpaired) electrons. The maximum Gasteiger partial charge on any atom is 0.157 e. The Morgan fingerprint density at radius 2 is 1.81 bits per heavy atom. The van der Waals surface area contributed by atoms with Crippen LogP contribution < -0.4 is 15.0 Å². The van der Waals surface area contributed by atoms with Crippen molar-refractivity contribution in [3.8, 4) is 5.75 Å². The van der Waals surface area contributed by atoms with Gasteiger partial charge in [-0.15, -0.1) is 0 Å². The Hall–Kier alpha value is -2.02. The molecule has 0 amide bonds. The van der Waals surface area contributed by atoms with Crippen LogP contribution in [0.2, 0.25) is 5.02 Å². The molecule has 1 atom stereocenters. The van der Waals surface area contributed by atoms with E-state index in [1.165, 1.54) is 0 Å². The lowest BCUT2D eigenvalue weighted by Gasteiger charge is -2.29. The molecule has 1 N–H and O–H groups in total. The van der Waals surface area contributed by atoms with Crippen molar-refractivity contribution in [2.24, 2.45) is 0 Å². The van der Waals surface area contributed by atoms with Gasteiger partial charge < -0.3 is 15.0 Å². The average molecular weight is 404 g/mol. The van der Waals surface area contributed by atoms with Gasteiger partial charge in [0.1, 0.15) is 5.75 Å². The summed E-state index contributed by atoms with van der Waals surface area (Å²) in [6.07, 6.45) is 0. The van der Waals surface area contributed by atoms with Crippen LogP contribution in [0, 0.1) is 6.92 Å². The molecule has 27 heavy (non-hydrogen) atoms. The first kappa shape index (κ1) is 18.3. The fraction of sp³-hybridized carbons (Fsp3) is 0.300. The summed E-state index contributed by atoms with van der Waals surface area (Å²) in [4.78, 5) is 3.09. The van der Waals surface area contributed by atoms with Crippen LogP contribution >= 0.6 is 11.6 Å². The summed E-state index contributed by atoms with van der Waals surface area (Å²) in [6.45, 7) is 5.85. The maximum atomic E-state index is 13.3. The highest BCUT2D eigenvalue weighted by Crippen LogP contribution is 2.34. The molecule has 3 aromatic rings. The van der Waals surface area contributed by atoms with Crippen molar-refractivity contribution in [2.75, 3.05) is 38.2 Å². The molecule has 1 unspecified atom stereocenters. The predicted octanol–water partition coefficient (Wildman–Crippen LogP) is 3.59. The number of nitrogens with zero attached hydrogens (tertiary/aromatic N) is 2. The van der Waals surface area contributed by atoms with E-state index in [1.807, 2.05) is 49.4 Å². The Labute approximate surface area is 166 Å². The highest BCUT2D eigenvalue weighted by Gasteiger charge is 2.19. The summed E-state index contributed by atoms with van der Waals surface area (Å²) in [7, 11) is 0.249. The van der Waals surface area contributed by atoms with E-state index in [9.17, 15) is 4.21 Å². The van der Waals surface area contributed by atoms with Crippen LogP contribution in [-0.4, -0.2) is 41.5 Å². The number of hydrogen-bond donors (Lipinski definition) is 1. The first-order valence-corrected chi connectivity index (χ1v) is 10.4. The molecule has 1 aromatic heterocycles. The van der Waals surface area contributed by atoms with Gasteiger partial charge in [-0.25, -0.2) is 4.21 Å². The summed E-state index contributed by atoms with van der Waals surface area (Å²) >= 11 is 6.51. The number of halogens is 1. The van der Waals surface area contributed by atoms with Crippen molar-refractivity contribution in [3.63, 3.8) is 0 Å². The van der Waals surface area contributed by atoms with Crippen molar-refractivity contribution >= 4 is 39.2 Å². The molecule has 142 valence electrons. The average Bonchev–Trinajstić information content (AvgIpc) is 2.98. The molecule has 2 heterocycles. The van der Waals surface area contributed by atoms with Crippen LogP contribution in [0.15, 0.2) is 47.4 Å². The topological polar surface area (TPSA) is 46.5 Å². The molecular weight excluding hydrogens is 382 g/mol. The number of nitrogens with one attached hydrogen (secondary N) is 1. The number of piperazine rings is 1. The third kappa shape index (κ3) is 3.33. The van der Waals surface area contributed by atoms with Crippen molar-refractivity contribution in [1.82, 2.24) is 9.29 Å². The number of anilines is 1. The van der Waals surface area contributed by atoms with Crippen LogP contribution in [-0.2, 0) is 11.0 Å². The first-order valence-electron chi connectivity index (χ1n) is 8.92. The number of ether oxygens (including phenoxy) is 1. The SMILES string of the molecule is COc1ccc2c(c1)c(Cl)c(C)n2S(=O)c1ccc(N2CCNCC2)cc1. The lowest BCUT2D eigenvalue weighted by Crippen LogP contribution is -2.43. The molecule has 0 aliphatic carbocycles. The molecule has 4 rings (SSSR count). The van der Waals surface area contributed by atoms with E-state index in [0.29, 0.717) is 5.02 Å². The van der Waals surface area contributed by atoms with Crippen LogP contribution in [0.1, 0.15) is 5.69 Å². The second kappa shape index (κ2) is 7.54. The lowest BCUT2D eigenvalue weighted by atomic mass is 10.2. The van der Waals surface area contributed by atoms with Gasteiger partial charge in [0.25, 0.3) is 0 Å². The van der Waals surface area contributed by atoms with Gasteiger partial charge in [0, 0.05) is 42.9 Å². The van der Waals surface area contributed by atoms with Gasteiger partial charge in [-0.05, 0) is 49.4 Å². The Bertz CT molecular complexity index is 995. The van der Waals surface area contributed by atoms with Crippen LogP contribution in [0.3, 0.4) is 0 Å². The largest absolute Gasteiger partial charge is 0.497 e. The molecule has 1 aliphatic heterocycles. The lowest BCUT2D eigenvalue weighted by molar-refractivity contribution is 0.415. The Morgan fingerprint density at radius 1 is 1.11 bits per heavy atom. The van der Waals surface area contributed by atoms with Gasteiger partial charge in [-0.1, -0.05) is 11.6 Å². The number of aromatic nitrogens is 1. The Kier molecular flexibility index (Phi) is 5.12. The van der Waals surface area contributed by atoms with Gasteiger partial charge in [-0.2, -0.15) is 0 Å². The Morgan fingerprint density at radius 3 is 2.48 bits per heavy atom. The van der Waals surface area contributed by atoms with E-state index >= 15 is 0 Å². The molecular formula is C20H22ClN3O2S. The molecule has 0 bridgehead atoms. The molecule has 5 nitrogen and oxygen atoms in total. The normalized spacial score (nSPS) is 15.9. The molecule has 7 heteroatoms. The van der Waals surface area contributed by atoms with E-state index in [-0.39, 0.29) is 0 Å². The summed E-state index contributed by atoms with van der Waals surface area (Å²) in [6, 6.07) is 13.6. The van der Waals surface area contributed by atoms with Gasteiger partial charge in [-0.3, -0.25) is 3.97 Å². The molecule has 1 aliphatic rings. The zero-order chi connectivity index (χ0) is 19.0. The minimum atomic E-state index is -1.37. The second-order valence-electron chi connectivity index (χ2n) is 6.56. The van der Waals surface area contributed by atoms with Crippen molar-refractivity contribution in [1.29, 1.82) is 0 Å². The second-order valence-corrected chi connectivity index (χ2v) is 8.27. The highest BCUT2D eigenvalue weighted by molar-refractivity contribution is 7.83. The smallest absolute Gasteiger partial charge is 0.157 e. The molecule has 1 saturated heterocycles. The van der Waals surface area contributed by atoms with Gasteiger partial charge in [0.15, 0.2) is 11.0 Å². The number of fused-ring (bicyclic) bond motifs is 1. The van der Waals surface area contributed by atoms with Crippen LogP contribution in [0.4, 0.5) is 5.69 Å². The molecule has 0 spiro atoms. The van der Waals surface area contributed by atoms with Gasteiger partial charge in [0.2, 0.25) is 0 Å². The zero-order valence-corrected chi connectivity index (χ0v) is 16.9. The van der Waals surface area contributed by atoms with Crippen LogP contribution in [0.25, 0.3) is 10.9 Å². The van der Waals surface area contributed by atoms with E-state index < -0.39 is 11.0 Å². The Balaban J connectivity index is 1.69. The third-order valence-corrected chi connectivity index (χ3v) is 6.92. The number of hydrogen-bond acceptors (Lipinski definition) is 4. The number of benzene rings is 2. The number of rotatable bonds is 4. The standard InChI is InChI=1S/C20H22ClN3O2S/c1-14-20(21)18-13-16(26-2)5-8-19(18)24(14)27(25)17-6-3-15(4-7-17)23-11-9-22-10-12-23/h3-8,13,22H,9-12H2,1-2H3. The first-order chi connectivity index (χ1) is 13.1. The highest BCUT2D eigenvalue weighted by atomic mass is 35.5. The zero-order valence-electron chi connectivity index (χ0n) is 15.4. The summed E-state index contributed by atoms with van der Waals surface area (Å²) in [5.41, 5.74) is 2.78. The number of methoxy groups -OCH3 is 1. The third-order valence-electron chi connectivity index (χ3n) is 4.97. The van der Waals surface area contributed by atoms with Crippen molar-refractivity contribution < 1.29 is 8.95 Å². The van der Waals surface area contributed by atoms with Crippen LogP contribution in [0.5, 0.6) is 5.75 Å². The molecule has 1 fully saturated rings. The summed E-state index contributed by atoms with van der Waals surface area (Å²) in [5.74, 6) is 0.729. The van der Waals surface area contributed by atoms with E-state index in [4.69, 9.17) is 16.3 Å². The van der Waals surface area contributed by atoms with Gasteiger partial charge in [0.05, 0.1) is 22.5 Å². The monoisotopic (exact) mass is 403 g/mol. The van der Waals surface area contributed by atoms with Crippen molar-refractivity contribution in [3.05, 3.63) is 53.2 Å². The van der Waals surface area contributed by atoms with E-state index in [2.05, 4.69) is 10.2 Å². The fourth-order valence-electron chi connectivity index (χ4n) is 3.48. The molecule has 2 aromatic carbocycles. The summed E-state index contributed by atoms with van der Waals surface area (Å²) in [5, 5.41) is 4.81. The predicted molar refractivity (Wildman–Crippen MR) is 112 cm³/mol. The fourth-order valence-corrected chi connectivity index (χ4v) is 5.02. The van der Waals surface area contributed by atoms with Gasteiger partial charge >= 0.3 is 0 Å².